The Morgan fingerprint density at radius 3 is 1.84 bits per heavy atom. The molecule has 0 aromatic heterocycles. The van der Waals surface area contributed by atoms with Crippen molar-refractivity contribution >= 4 is 41.1 Å². The highest BCUT2D eigenvalue weighted by Crippen LogP contribution is 2.12. The molecule has 0 aliphatic rings. The molecule has 0 bridgehead atoms. The monoisotopic (exact) mass is 440 g/mol. The van der Waals surface area contributed by atoms with Gasteiger partial charge in [0.05, 0.1) is 18.2 Å². The second kappa shape index (κ2) is 11.1. The highest BCUT2D eigenvalue weighted by Gasteiger charge is 2.12. The van der Waals surface area contributed by atoms with Gasteiger partial charge in [0.2, 0.25) is 5.91 Å². The summed E-state index contributed by atoms with van der Waals surface area (Å²) in [4.78, 5) is 57.9. The first-order chi connectivity index (χ1) is 15.2. The number of ether oxygens (including phenoxy) is 2. The van der Waals surface area contributed by atoms with Gasteiger partial charge in [0.25, 0.3) is 5.91 Å². The summed E-state index contributed by atoms with van der Waals surface area (Å²) in [6, 6.07) is 11.6. The van der Waals surface area contributed by atoms with Crippen LogP contribution < -0.4 is 10.6 Å². The van der Waals surface area contributed by atoms with Crippen LogP contribution in [0.5, 0.6) is 0 Å². The summed E-state index contributed by atoms with van der Waals surface area (Å²) in [7, 11) is 1.26. The van der Waals surface area contributed by atoms with Gasteiger partial charge in [-0.2, -0.15) is 0 Å². The number of methoxy groups -OCH3 is 1. The third kappa shape index (κ3) is 7.10. The SMILES string of the molecule is COC(=O)c1ccc(NC(=O)COC(=O)c2ccc(NC(=O)C=C(C)C(=O)O)cc2)cc1. The number of hydrogen-bond acceptors (Lipinski definition) is 7. The molecule has 2 rings (SSSR count). The Bertz CT molecular complexity index is 1060. The van der Waals surface area contributed by atoms with Crippen LogP contribution in [0.15, 0.2) is 60.2 Å². The van der Waals surface area contributed by atoms with Crippen molar-refractivity contribution in [3.63, 3.8) is 0 Å². The average Bonchev–Trinajstić information content (AvgIpc) is 2.77. The van der Waals surface area contributed by atoms with E-state index in [1.165, 1.54) is 62.6 Å². The molecule has 2 amide bonds. The number of carbonyl (C=O) groups excluding carboxylic acids is 4. The third-order valence-electron chi connectivity index (χ3n) is 4.00. The van der Waals surface area contributed by atoms with E-state index < -0.39 is 36.3 Å². The van der Waals surface area contributed by atoms with E-state index in [0.717, 1.165) is 6.08 Å². The van der Waals surface area contributed by atoms with Crippen LogP contribution in [0.2, 0.25) is 0 Å². The Balaban J connectivity index is 1.85. The van der Waals surface area contributed by atoms with Crippen LogP contribution in [-0.2, 0) is 23.9 Å². The predicted molar refractivity (Wildman–Crippen MR) is 113 cm³/mol. The molecule has 166 valence electrons. The van der Waals surface area contributed by atoms with Crippen LogP contribution in [0, 0.1) is 0 Å². The molecule has 2 aromatic carbocycles. The normalized spacial score (nSPS) is 10.6. The lowest BCUT2D eigenvalue weighted by Gasteiger charge is -2.08. The van der Waals surface area contributed by atoms with E-state index in [4.69, 9.17) is 9.84 Å². The fourth-order valence-corrected chi connectivity index (χ4v) is 2.35. The molecule has 10 nitrogen and oxygen atoms in total. The summed E-state index contributed by atoms with van der Waals surface area (Å²) in [6.45, 7) is 0.754. The lowest BCUT2D eigenvalue weighted by molar-refractivity contribution is -0.132. The zero-order chi connectivity index (χ0) is 23.7. The molecule has 0 radical (unpaired) electrons. The number of hydrogen-bond donors (Lipinski definition) is 3. The van der Waals surface area contributed by atoms with Crippen molar-refractivity contribution in [3.05, 3.63) is 71.3 Å². The molecule has 0 atom stereocenters. The van der Waals surface area contributed by atoms with Gasteiger partial charge in [0.1, 0.15) is 0 Å². The Labute approximate surface area is 182 Å². The van der Waals surface area contributed by atoms with Crippen LogP contribution in [-0.4, -0.2) is 48.5 Å². The lowest BCUT2D eigenvalue weighted by atomic mass is 10.2. The Morgan fingerprint density at radius 1 is 0.844 bits per heavy atom. The molecular formula is C22H20N2O8. The first kappa shape index (κ1) is 23.8. The third-order valence-corrected chi connectivity index (χ3v) is 4.00. The quantitative estimate of drug-likeness (QED) is 0.418. The van der Waals surface area contributed by atoms with Crippen molar-refractivity contribution in [2.75, 3.05) is 24.4 Å². The molecule has 2 aromatic rings. The fourth-order valence-electron chi connectivity index (χ4n) is 2.35. The van der Waals surface area contributed by atoms with Gasteiger partial charge in [0, 0.05) is 23.0 Å². The fraction of sp³-hybridized carbons (Fsp3) is 0.136. The standard InChI is InChI=1S/C22H20N2O8/c1-13(20(27)28)11-18(25)23-16-9-5-15(6-10-16)22(30)32-12-19(26)24-17-7-3-14(4-8-17)21(29)31-2/h3-11H,12H2,1-2H3,(H,23,25)(H,24,26)(H,27,28). The zero-order valence-electron chi connectivity index (χ0n) is 17.2. The van der Waals surface area contributed by atoms with E-state index in [2.05, 4.69) is 15.4 Å². The van der Waals surface area contributed by atoms with Crippen molar-refractivity contribution in [1.82, 2.24) is 0 Å². The van der Waals surface area contributed by atoms with E-state index in [-0.39, 0.29) is 11.1 Å². The van der Waals surface area contributed by atoms with Crippen molar-refractivity contribution in [2.24, 2.45) is 0 Å². The summed E-state index contributed by atoms with van der Waals surface area (Å²) in [6.07, 6.45) is 0.937. The number of benzene rings is 2. The molecule has 0 spiro atoms. The second-order valence-corrected chi connectivity index (χ2v) is 6.39. The maximum Gasteiger partial charge on any atom is 0.338 e. The molecule has 0 unspecified atom stereocenters. The Kier molecular flexibility index (Phi) is 8.23. The molecule has 0 fully saturated rings. The van der Waals surface area contributed by atoms with Crippen molar-refractivity contribution < 1.29 is 38.6 Å². The highest BCUT2D eigenvalue weighted by molar-refractivity contribution is 6.04. The smallest absolute Gasteiger partial charge is 0.338 e. The van der Waals surface area contributed by atoms with E-state index >= 15 is 0 Å². The zero-order valence-corrected chi connectivity index (χ0v) is 17.2. The van der Waals surface area contributed by atoms with E-state index in [0.29, 0.717) is 16.9 Å². The first-order valence-electron chi connectivity index (χ1n) is 9.17. The molecule has 32 heavy (non-hydrogen) atoms. The number of carbonyl (C=O) groups is 5. The van der Waals surface area contributed by atoms with E-state index in [1.54, 1.807) is 0 Å². The summed E-state index contributed by atoms with van der Waals surface area (Å²) >= 11 is 0. The second-order valence-electron chi connectivity index (χ2n) is 6.39. The molecular weight excluding hydrogens is 420 g/mol. The number of rotatable bonds is 8. The number of amides is 2. The van der Waals surface area contributed by atoms with Crippen molar-refractivity contribution in [2.45, 2.75) is 6.92 Å². The number of carboxylic acids is 1. The maximum absolute atomic E-state index is 12.1. The first-order valence-corrected chi connectivity index (χ1v) is 9.17. The number of carboxylic acid groups (broad SMARTS) is 1. The number of nitrogens with one attached hydrogen (secondary N) is 2. The average molecular weight is 440 g/mol. The van der Waals surface area contributed by atoms with Crippen LogP contribution in [0.3, 0.4) is 0 Å². The molecule has 0 aliphatic carbocycles. The highest BCUT2D eigenvalue weighted by atomic mass is 16.5. The van der Waals surface area contributed by atoms with E-state index in [1.807, 2.05) is 0 Å². The minimum Gasteiger partial charge on any atom is -0.478 e. The van der Waals surface area contributed by atoms with Crippen molar-refractivity contribution in [3.8, 4) is 0 Å². The number of anilines is 2. The number of esters is 2. The Hall–Kier alpha value is -4.47. The Morgan fingerprint density at radius 2 is 1.34 bits per heavy atom. The van der Waals surface area contributed by atoms with Crippen LogP contribution in [0.25, 0.3) is 0 Å². The van der Waals surface area contributed by atoms with Crippen LogP contribution in [0.4, 0.5) is 11.4 Å². The summed E-state index contributed by atoms with van der Waals surface area (Å²) in [5.74, 6) is -3.67. The predicted octanol–water partition coefficient (Wildman–Crippen LogP) is 2.24. The largest absolute Gasteiger partial charge is 0.478 e. The lowest BCUT2D eigenvalue weighted by Crippen LogP contribution is -2.21. The topological polar surface area (TPSA) is 148 Å². The van der Waals surface area contributed by atoms with Gasteiger partial charge in [-0.05, 0) is 55.5 Å². The minimum absolute atomic E-state index is 0.125. The molecule has 0 heterocycles. The molecule has 0 aliphatic heterocycles. The van der Waals surface area contributed by atoms with Gasteiger partial charge in [-0.25, -0.2) is 14.4 Å². The molecule has 3 N–H and O–H groups in total. The van der Waals surface area contributed by atoms with E-state index in [9.17, 15) is 24.0 Å². The minimum atomic E-state index is -1.21. The van der Waals surface area contributed by atoms with Gasteiger partial charge in [-0.3, -0.25) is 9.59 Å². The molecule has 10 heteroatoms. The van der Waals surface area contributed by atoms with Gasteiger partial charge in [-0.15, -0.1) is 0 Å². The number of aliphatic carboxylic acids is 1. The molecule has 0 saturated heterocycles. The van der Waals surface area contributed by atoms with Crippen LogP contribution in [0.1, 0.15) is 27.6 Å². The summed E-state index contributed by atoms with van der Waals surface area (Å²) in [5, 5.41) is 13.7. The van der Waals surface area contributed by atoms with Crippen molar-refractivity contribution in [1.29, 1.82) is 0 Å². The summed E-state index contributed by atoms with van der Waals surface area (Å²) < 4.78 is 9.54. The van der Waals surface area contributed by atoms with Gasteiger partial charge >= 0.3 is 17.9 Å². The van der Waals surface area contributed by atoms with Gasteiger partial charge in [0.15, 0.2) is 6.61 Å². The maximum atomic E-state index is 12.1. The van der Waals surface area contributed by atoms with Gasteiger partial charge < -0.3 is 25.2 Å². The van der Waals surface area contributed by atoms with Gasteiger partial charge in [-0.1, -0.05) is 0 Å². The van der Waals surface area contributed by atoms with Crippen LogP contribution >= 0.6 is 0 Å². The molecule has 0 saturated carbocycles. The summed E-state index contributed by atoms with van der Waals surface area (Å²) in [5.41, 5.74) is 1.10.